The minimum Gasteiger partial charge on any atom is -0.355 e. The summed E-state index contributed by atoms with van der Waals surface area (Å²) in [5.74, 6) is -2.72. The van der Waals surface area contributed by atoms with Crippen molar-refractivity contribution >= 4 is 67.9 Å². The van der Waals surface area contributed by atoms with E-state index in [4.69, 9.17) is 0 Å². The van der Waals surface area contributed by atoms with Crippen LogP contribution < -0.4 is 31.3 Å². The lowest BCUT2D eigenvalue weighted by Gasteiger charge is -2.39. The van der Waals surface area contributed by atoms with E-state index >= 15 is 0 Å². The molecular weight excluding hydrogens is 1000 g/mol. The molecule has 0 spiro atoms. The number of ketones is 2. The molecule has 2 saturated heterocycles. The Balaban J connectivity index is 1.04. The number of hydrogen-bond acceptors (Lipinski definition) is 10. The second-order valence-electron chi connectivity index (χ2n) is 20.6. The van der Waals surface area contributed by atoms with E-state index in [1.807, 2.05) is 57.3 Å². The molecule has 2 aliphatic rings. The number of benzene rings is 3. The van der Waals surface area contributed by atoms with Crippen molar-refractivity contribution in [3.8, 4) is 0 Å². The van der Waals surface area contributed by atoms with Crippen molar-refractivity contribution in [2.24, 2.45) is 5.92 Å². The summed E-state index contributed by atoms with van der Waals surface area (Å²) in [6.07, 6.45) is 11.3. The van der Waals surface area contributed by atoms with Crippen molar-refractivity contribution < 1.29 is 46.8 Å². The van der Waals surface area contributed by atoms with Crippen LogP contribution in [0.25, 0.3) is 10.9 Å². The van der Waals surface area contributed by atoms with Gasteiger partial charge >= 0.3 is 0 Å². The zero-order valence-electron chi connectivity index (χ0n) is 45.1. The largest absolute Gasteiger partial charge is 0.355 e. The standard InChI is InChI=1S/C58H78N8O10S/c1-5-39(3)52-58(74)66-34-20-17-27-50(66)57(73)61-46(25-14-10-13-23-44(67)6-2)55(71)62-47(56(72)63-52)36-43-37-65(49-26-16-15-24-45(43)49)38-51(68)59-32-18-7-8-19-33-60-54(70)48(64-77(4,75)76)35-40-28-30-42(31-29-40)53(69)41-21-11-9-12-22-41/h9,11-12,15-16,21-22,24,26,28-31,37,39,46-48,50,52,64H,5-8,10,13-14,17-20,23,25,27,32-36,38H2,1-4H3,(H,59,68)(H,60,70)(H,61,73)(H,62,71)(H,63,72)/t39?,46-,47-,48?,50?,52-/m0/s1. The van der Waals surface area contributed by atoms with Gasteiger partial charge in [0.2, 0.25) is 45.5 Å². The molecule has 0 bridgehead atoms. The molecule has 3 heterocycles. The van der Waals surface area contributed by atoms with E-state index < -0.39 is 63.9 Å². The van der Waals surface area contributed by atoms with Crippen LogP contribution in [-0.2, 0) is 63.0 Å². The lowest BCUT2D eigenvalue weighted by atomic mass is 9.93. The number of rotatable bonds is 27. The van der Waals surface area contributed by atoms with Gasteiger partial charge in [0.25, 0.3) is 0 Å². The van der Waals surface area contributed by atoms with Crippen LogP contribution in [0.1, 0.15) is 138 Å². The highest BCUT2D eigenvalue weighted by molar-refractivity contribution is 7.88. The van der Waals surface area contributed by atoms with Gasteiger partial charge in [-0.3, -0.25) is 38.4 Å². The normalized spacial score (nSPS) is 19.1. The maximum atomic E-state index is 14.5. The van der Waals surface area contributed by atoms with Gasteiger partial charge in [0.1, 0.15) is 42.5 Å². The Morgan fingerprint density at radius 1 is 0.727 bits per heavy atom. The number of para-hydroxylation sites is 1. The first kappa shape index (κ1) is 59.5. The third-order valence-corrected chi connectivity index (χ3v) is 15.4. The molecule has 4 aromatic rings. The van der Waals surface area contributed by atoms with Crippen LogP contribution in [0.15, 0.2) is 85.1 Å². The number of carbonyl (C=O) groups is 8. The predicted octanol–water partition coefficient (Wildman–Crippen LogP) is 5.19. The predicted molar refractivity (Wildman–Crippen MR) is 295 cm³/mol. The van der Waals surface area contributed by atoms with Gasteiger partial charge in [0.15, 0.2) is 5.78 Å². The number of aromatic nitrogens is 1. The van der Waals surface area contributed by atoms with Crippen LogP contribution in [0.4, 0.5) is 0 Å². The number of piperidine rings is 1. The lowest BCUT2D eigenvalue weighted by Crippen LogP contribution is -2.64. The topological polar surface area (TPSA) is 251 Å². The minimum absolute atomic E-state index is 0.0199. The molecule has 0 radical (unpaired) electrons. The van der Waals surface area contributed by atoms with Crippen LogP contribution in [0, 0.1) is 5.92 Å². The van der Waals surface area contributed by atoms with Gasteiger partial charge in [0.05, 0.1) is 6.26 Å². The maximum Gasteiger partial charge on any atom is 0.246 e. The zero-order valence-corrected chi connectivity index (χ0v) is 45.9. The van der Waals surface area contributed by atoms with Gasteiger partial charge in [-0.25, -0.2) is 13.1 Å². The van der Waals surface area contributed by atoms with E-state index in [9.17, 15) is 46.8 Å². The highest BCUT2D eigenvalue weighted by Crippen LogP contribution is 2.26. The summed E-state index contributed by atoms with van der Waals surface area (Å²) in [5.41, 5.74) is 3.15. The van der Waals surface area contributed by atoms with Gasteiger partial charge in [-0.2, -0.15) is 0 Å². The van der Waals surface area contributed by atoms with Crippen LogP contribution in [0.5, 0.6) is 0 Å². The monoisotopic (exact) mass is 1080 g/mol. The van der Waals surface area contributed by atoms with E-state index in [-0.39, 0.29) is 55.1 Å². The first-order chi connectivity index (χ1) is 37.0. The number of nitrogens with one attached hydrogen (secondary N) is 6. The van der Waals surface area contributed by atoms with Crippen molar-refractivity contribution in [2.45, 2.75) is 160 Å². The molecule has 2 aliphatic heterocycles. The van der Waals surface area contributed by atoms with Crippen molar-refractivity contribution in [3.63, 3.8) is 0 Å². The van der Waals surface area contributed by atoms with E-state index in [0.29, 0.717) is 106 Å². The summed E-state index contributed by atoms with van der Waals surface area (Å²) >= 11 is 0. The van der Waals surface area contributed by atoms with Gasteiger partial charge in [0, 0.05) is 67.1 Å². The van der Waals surface area contributed by atoms with E-state index in [1.54, 1.807) is 58.0 Å². The summed E-state index contributed by atoms with van der Waals surface area (Å²) < 4.78 is 28.6. The Labute approximate surface area is 453 Å². The average molecular weight is 1080 g/mol. The minimum atomic E-state index is -3.72. The first-order valence-corrected chi connectivity index (χ1v) is 29.4. The highest BCUT2D eigenvalue weighted by Gasteiger charge is 2.41. The summed E-state index contributed by atoms with van der Waals surface area (Å²) in [7, 11) is -3.72. The van der Waals surface area contributed by atoms with Gasteiger partial charge < -0.3 is 36.1 Å². The molecule has 77 heavy (non-hydrogen) atoms. The fraction of sp³-hybridized carbons (Fsp3) is 0.517. The van der Waals surface area contributed by atoms with Crippen LogP contribution in [0.2, 0.25) is 0 Å². The Bertz CT molecular complexity index is 2800. The number of hydrogen-bond donors (Lipinski definition) is 6. The smallest absolute Gasteiger partial charge is 0.246 e. The Hall–Kier alpha value is -6.73. The molecule has 6 N–H and O–H groups in total. The quantitative estimate of drug-likeness (QED) is 0.0337. The Kier molecular flexibility index (Phi) is 22.5. The summed E-state index contributed by atoms with van der Waals surface area (Å²) in [6, 6.07) is 18.2. The number of unbranched alkanes of at least 4 members (excludes halogenated alkanes) is 5. The molecule has 6 amide bonds. The summed E-state index contributed by atoms with van der Waals surface area (Å²) in [6.45, 7) is 6.71. The van der Waals surface area contributed by atoms with Crippen LogP contribution in [-0.4, -0.2) is 121 Å². The van der Waals surface area contributed by atoms with E-state index in [0.717, 1.165) is 36.4 Å². The zero-order chi connectivity index (χ0) is 55.5. The van der Waals surface area contributed by atoms with E-state index in [2.05, 4.69) is 31.3 Å². The molecule has 18 nitrogen and oxygen atoms in total. The molecule has 1 aromatic heterocycles. The third-order valence-electron chi connectivity index (χ3n) is 14.7. The molecule has 0 saturated carbocycles. The number of Topliss-reactive ketones (excluding diaryl/α,β-unsaturated/α-hetero) is 1. The fourth-order valence-corrected chi connectivity index (χ4v) is 10.8. The number of amides is 6. The van der Waals surface area contributed by atoms with Gasteiger partial charge in [-0.15, -0.1) is 0 Å². The number of carbonyl (C=O) groups excluding carboxylic acids is 8. The number of sulfonamides is 1. The SMILES string of the molecule is CCC(=O)CCCCC[C@@H]1NC(=O)C2CCCCN2C(=O)[C@H](C(C)CC)NC(=O)[C@H](Cc2cn(CC(=O)NCCCCCCNC(=O)C(Cc3ccc(C(=O)c4ccccc4)cc3)NS(C)(=O)=O)c3ccccc23)NC1=O. The lowest BCUT2D eigenvalue weighted by molar-refractivity contribution is -0.147. The number of nitrogens with zero attached hydrogens (tertiary/aromatic N) is 2. The second kappa shape index (κ2) is 29.1. The van der Waals surface area contributed by atoms with Crippen LogP contribution in [0.3, 0.4) is 0 Å². The molecule has 0 aliphatic carbocycles. The van der Waals surface area contributed by atoms with Crippen molar-refractivity contribution in [1.29, 1.82) is 0 Å². The van der Waals surface area contributed by atoms with E-state index in [1.165, 1.54) is 0 Å². The molecular formula is C58H78N8O10S. The Morgan fingerprint density at radius 2 is 1.38 bits per heavy atom. The molecule has 3 unspecified atom stereocenters. The third kappa shape index (κ3) is 17.6. The number of fused-ring (bicyclic) bond motifs is 2. The maximum absolute atomic E-state index is 14.5. The summed E-state index contributed by atoms with van der Waals surface area (Å²) in [5, 5.41) is 15.5. The van der Waals surface area contributed by atoms with Gasteiger partial charge in [-0.05, 0) is 74.5 Å². The molecule has 416 valence electrons. The average Bonchev–Trinajstić information content (AvgIpc) is 3.77. The molecule has 3 aromatic carbocycles. The second-order valence-corrected chi connectivity index (χ2v) is 22.4. The summed E-state index contributed by atoms with van der Waals surface area (Å²) in [4.78, 5) is 110. The van der Waals surface area contributed by atoms with Crippen molar-refractivity contribution in [1.82, 2.24) is 40.8 Å². The highest BCUT2D eigenvalue weighted by atomic mass is 32.2. The fourth-order valence-electron chi connectivity index (χ4n) is 10.1. The van der Waals surface area contributed by atoms with Crippen molar-refractivity contribution in [3.05, 3.63) is 107 Å². The molecule has 2 fully saturated rings. The van der Waals surface area contributed by atoms with Gasteiger partial charge in [-0.1, -0.05) is 126 Å². The molecule has 19 heteroatoms. The van der Waals surface area contributed by atoms with Crippen LogP contribution >= 0.6 is 0 Å². The first-order valence-electron chi connectivity index (χ1n) is 27.5. The Morgan fingerprint density at radius 3 is 2.08 bits per heavy atom. The molecule has 6 atom stereocenters. The van der Waals surface area contributed by atoms with Crippen molar-refractivity contribution in [2.75, 3.05) is 25.9 Å². The molecule has 6 rings (SSSR count).